The maximum absolute atomic E-state index is 13.1. The van der Waals surface area contributed by atoms with Crippen molar-refractivity contribution in [1.29, 1.82) is 0 Å². The maximum Gasteiger partial charge on any atom is 0.389 e. The van der Waals surface area contributed by atoms with Crippen molar-refractivity contribution in [1.82, 2.24) is 10.2 Å². The zero-order valence-corrected chi connectivity index (χ0v) is 20.3. The lowest BCUT2D eigenvalue weighted by atomic mass is 9.97. The Hall–Kier alpha value is -1.87. The van der Waals surface area contributed by atoms with Gasteiger partial charge in [-0.25, -0.2) is 0 Å². The Morgan fingerprint density at radius 2 is 1.55 bits per heavy atom. The van der Waals surface area contributed by atoms with E-state index in [4.69, 9.17) is 14.2 Å². The van der Waals surface area contributed by atoms with Crippen LogP contribution >= 0.6 is 24.8 Å². The van der Waals surface area contributed by atoms with Gasteiger partial charge in [-0.3, -0.25) is 4.90 Å². The Morgan fingerprint density at radius 3 is 2.12 bits per heavy atom. The fourth-order valence-corrected chi connectivity index (χ4v) is 3.83. The topological polar surface area (TPSA) is 43.0 Å². The van der Waals surface area contributed by atoms with E-state index in [0.717, 1.165) is 18.7 Å². The molecule has 0 aliphatic carbocycles. The van der Waals surface area contributed by atoms with E-state index in [1.165, 1.54) is 14.2 Å². The van der Waals surface area contributed by atoms with Crippen LogP contribution in [0.15, 0.2) is 42.5 Å². The number of rotatable bonds is 9. The van der Waals surface area contributed by atoms with Crippen LogP contribution in [0.5, 0.6) is 17.2 Å². The summed E-state index contributed by atoms with van der Waals surface area (Å²) in [5.74, 6) is 1.45. The van der Waals surface area contributed by atoms with Gasteiger partial charge in [-0.2, -0.15) is 13.2 Å². The van der Waals surface area contributed by atoms with Gasteiger partial charge in [-0.15, -0.1) is 24.8 Å². The van der Waals surface area contributed by atoms with E-state index >= 15 is 0 Å². The summed E-state index contributed by atoms with van der Waals surface area (Å²) in [6.45, 7) is 3.09. The Morgan fingerprint density at radius 1 is 0.939 bits per heavy atom. The van der Waals surface area contributed by atoms with Gasteiger partial charge < -0.3 is 19.5 Å². The molecule has 2 aromatic rings. The molecule has 0 radical (unpaired) electrons. The van der Waals surface area contributed by atoms with Gasteiger partial charge in [-0.05, 0) is 18.1 Å². The van der Waals surface area contributed by atoms with Crippen molar-refractivity contribution in [2.45, 2.75) is 31.7 Å². The molecule has 0 bridgehead atoms. The van der Waals surface area contributed by atoms with Gasteiger partial charge in [0.2, 0.25) is 0 Å². The summed E-state index contributed by atoms with van der Waals surface area (Å²) in [5, 5.41) is 3.26. The zero-order valence-electron chi connectivity index (χ0n) is 18.7. The van der Waals surface area contributed by atoms with Crippen molar-refractivity contribution in [3.05, 3.63) is 53.6 Å². The van der Waals surface area contributed by atoms with Crippen molar-refractivity contribution in [3.8, 4) is 17.2 Å². The number of nitrogens with one attached hydrogen (secondary N) is 1. The standard InChI is InChI=1S/C23H29F3N2O3.2ClH/c1-29-21-14-18(19(8-9-23(24,25)26)28-12-10-27-11-13-28)20(15-22(21)30-2)31-16-17-6-4-3-5-7-17;;/h3-7,14-15,19,27H,8-13,16H2,1-2H3;2*1H/t19-;;/m0../s1. The Balaban J connectivity index is 0.00000272. The Bertz CT molecular complexity index is 836. The number of methoxy groups -OCH3 is 2. The monoisotopic (exact) mass is 510 g/mol. The van der Waals surface area contributed by atoms with Gasteiger partial charge in [0.25, 0.3) is 0 Å². The third kappa shape index (κ3) is 8.45. The normalized spacial score (nSPS) is 15.1. The molecule has 5 nitrogen and oxygen atoms in total. The summed E-state index contributed by atoms with van der Waals surface area (Å²) in [5.41, 5.74) is 1.65. The second-order valence-electron chi connectivity index (χ2n) is 7.47. The van der Waals surface area contributed by atoms with E-state index < -0.39 is 18.6 Å². The van der Waals surface area contributed by atoms with Crippen molar-refractivity contribution < 1.29 is 27.4 Å². The molecule has 33 heavy (non-hydrogen) atoms. The summed E-state index contributed by atoms with van der Waals surface area (Å²) >= 11 is 0. The SMILES string of the molecule is COc1cc(OCc2ccccc2)c([C@H](CCC(F)(F)F)N2CCNCC2)cc1OC.Cl.Cl. The number of benzene rings is 2. The zero-order chi connectivity index (χ0) is 22.3. The molecule has 0 saturated carbocycles. The quantitative estimate of drug-likeness (QED) is 0.488. The van der Waals surface area contributed by atoms with Crippen LogP contribution < -0.4 is 19.5 Å². The fraction of sp³-hybridized carbons (Fsp3) is 0.478. The van der Waals surface area contributed by atoms with Crippen molar-refractivity contribution in [2.75, 3.05) is 40.4 Å². The summed E-state index contributed by atoms with van der Waals surface area (Å²) in [7, 11) is 3.04. The predicted octanol–water partition coefficient (Wildman–Crippen LogP) is 5.42. The van der Waals surface area contributed by atoms with Crippen molar-refractivity contribution in [2.24, 2.45) is 0 Å². The van der Waals surface area contributed by atoms with Crippen LogP contribution in [0.4, 0.5) is 13.2 Å². The van der Waals surface area contributed by atoms with E-state index in [-0.39, 0.29) is 31.2 Å². The van der Waals surface area contributed by atoms with Gasteiger partial charge in [0, 0.05) is 50.3 Å². The molecule has 0 spiro atoms. The minimum Gasteiger partial charge on any atom is -0.493 e. The van der Waals surface area contributed by atoms with E-state index in [1.54, 1.807) is 12.1 Å². The van der Waals surface area contributed by atoms with Crippen LogP contribution in [0.1, 0.15) is 30.0 Å². The lowest BCUT2D eigenvalue weighted by Gasteiger charge is -2.36. The summed E-state index contributed by atoms with van der Waals surface area (Å²) in [4.78, 5) is 2.08. The molecule has 3 rings (SSSR count). The molecule has 1 heterocycles. The van der Waals surface area contributed by atoms with Gasteiger partial charge in [0.05, 0.1) is 14.2 Å². The first-order valence-electron chi connectivity index (χ1n) is 10.4. The maximum atomic E-state index is 13.1. The second kappa shape index (κ2) is 13.7. The van der Waals surface area contributed by atoms with Crippen LogP contribution in [0.2, 0.25) is 0 Å². The minimum atomic E-state index is -4.23. The average Bonchev–Trinajstić information content (AvgIpc) is 2.78. The summed E-state index contributed by atoms with van der Waals surface area (Å²) in [6, 6.07) is 12.7. The molecule has 1 atom stereocenters. The number of halogens is 5. The first kappa shape index (κ1) is 29.2. The van der Waals surface area contributed by atoms with Gasteiger partial charge in [-0.1, -0.05) is 30.3 Å². The van der Waals surface area contributed by atoms with Crippen LogP contribution in [0.25, 0.3) is 0 Å². The molecule has 10 heteroatoms. The molecule has 1 aliphatic heterocycles. The van der Waals surface area contributed by atoms with Crippen molar-refractivity contribution in [3.63, 3.8) is 0 Å². The summed E-state index contributed by atoms with van der Waals surface area (Å²) < 4.78 is 56.3. The van der Waals surface area contributed by atoms with E-state index in [2.05, 4.69) is 10.2 Å². The van der Waals surface area contributed by atoms with Gasteiger partial charge in [0.15, 0.2) is 11.5 Å². The summed E-state index contributed by atoms with van der Waals surface area (Å²) in [6.07, 6.45) is -5.15. The highest BCUT2D eigenvalue weighted by Crippen LogP contribution is 2.42. The number of hydrogen-bond acceptors (Lipinski definition) is 5. The number of piperazine rings is 1. The van der Waals surface area contributed by atoms with Crippen molar-refractivity contribution >= 4 is 24.8 Å². The second-order valence-corrected chi connectivity index (χ2v) is 7.47. The molecule has 0 amide bonds. The Kier molecular flexibility index (Phi) is 12.1. The molecule has 0 unspecified atom stereocenters. The Labute approximate surface area is 205 Å². The van der Waals surface area contributed by atoms with E-state index in [9.17, 15) is 13.2 Å². The average molecular weight is 511 g/mol. The number of alkyl halides is 3. The van der Waals surface area contributed by atoms with E-state index in [1.807, 2.05) is 30.3 Å². The third-order valence-corrected chi connectivity index (χ3v) is 5.41. The third-order valence-electron chi connectivity index (χ3n) is 5.41. The van der Waals surface area contributed by atoms with Crippen LogP contribution in [0, 0.1) is 0 Å². The minimum absolute atomic E-state index is 0. The molecule has 2 aromatic carbocycles. The highest BCUT2D eigenvalue weighted by atomic mass is 35.5. The molecule has 1 fully saturated rings. The number of hydrogen-bond donors (Lipinski definition) is 1. The van der Waals surface area contributed by atoms with Crippen LogP contribution in [0.3, 0.4) is 0 Å². The molecule has 186 valence electrons. The first-order valence-corrected chi connectivity index (χ1v) is 10.4. The largest absolute Gasteiger partial charge is 0.493 e. The molecule has 0 aromatic heterocycles. The van der Waals surface area contributed by atoms with Gasteiger partial charge >= 0.3 is 6.18 Å². The molecule has 1 saturated heterocycles. The number of nitrogens with zero attached hydrogens (tertiary/aromatic N) is 1. The molecule has 1 N–H and O–H groups in total. The van der Waals surface area contributed by atoms with Crippen LogP contribution in [-0.2, 0) is 6.61 Å². The van der Waals surface area contributed by atoms with Crippen LogP contribution in [-0.4, -0.2) is 51.5 Å². The highest BCUT2D eigenvalue weighted by molar-refractivity contribution is 5.85. The lowest BCUT2D eigenvalue weighted by molar-refractivity contribution is -0.138. The lowest BCUT2D eigenvalue weighted by Crippen LogP contribution is -2.45. The molecular formula is C23H31Cl2F3N2O3. The highest BCUT2D eigenvalue weighted by Gasteiger charge is 2.33. The first-order chi connectivity index (χ1) is 14.9. The number of ether oxygens (including phenoxy) is 3. The molecule has 1 aliphatic rings. The van der Waals surface area contributed by atoms with E-state index in [0.29, 0.717) is 42.5 Å². The van der Waals surface area contributed by atoms with Gasteiger partial charge in [0.1, 0.15) is 12.4 Å². The molecular weight excluding hydrogens is 480 g/mol. The fourth-order valence-electron chi connectivity index (χ4n) is 3.83. The smallest absolute Gasteiger partial charge is 0.389 e. The predicted molar refractivity (Wildman–Crippen MR) is 127 cm³/mol.